The van der Waals surface area contributed by atoms with Gasteiger partial charge in [0.05, 0.1) is 0 Å². The van der Waals surface area contributed by atoms with Gasteiger partial charge >= 0.3 is 0 Å². The molecule has 0 heterocycles. The van der Waals surface area contributed by atoms with Gasteiger partial charge in [0.2, 0.25) is 5.91 Å². The number of hydrogen-bond donors (Lipinski definition) is 1. The van der Waals surface area contributed by atoms with Gasteiger partial charge in [-0.05, 0) is 18.8 Å². The first-order chi connectivity index (χ1) is 9.12. The van der Waals surface area contributed by atoms with E-state index in [1.54, 1.807) is 0 Å². The third kappa shape index (κ3) is 19.6. The maximum Gasteiger partial charge on any atom is 0.219 e. The Bertz CT molecular complexity index is 268. The van der Waals surface area contributed by atoms with Crippen LogP contribution in [-0.2, 0) is 4.79 Å². The van der Waals surface area contributed by atoms with Crippen molar-refractivity contribution in [1.29, 1.82) is 0 Å². The minimum Gasteiger partial charge on any atom is -0.356 e. The molecule has 2 nitrogen and oxygen atoms in total. The van der Waals surface area contributed by atoms with Crippen molar-refractivity contribution in [2.24, 2.45) is 5.92 Å². The highest BCUT2D eigenvalue weighted by atomic mass is 35.5. The molecule has 1 amide bonds. The second kappa shape index (κ2) is 17.1. The zero-order valence-electron chi connectivity index (χ0n) is 12.5. The minimum absolute atomic E-state index is 0.156. The average molecular weight is 286 g/mol. The van der Waals surface area contributed by atoms with Crippen molar-refractivity contribution in [3.05, 3.63) is 12.2 Å². The van der Waals surface area contributed by atoms with Gasteiger partial charge in [0.1, 0.15) is 0 Å². The molecule has 0 spiro atoms. The Morgan fingerprint density at radius 3 is 2.63 bits per heavy atom. The smallest absolute Gasteiger partial charge is 0.219 e. The fraction of sp³-hybridized carbons (Fsp3) is 0.688. The summed E-state index contributed by atoms with van der Waals surface area (Å²) in [5.74, 6) is 3.93. The van der Waals surface area contributed by atoms with Gasteiger partial charge in [-0.1, -0.05) is 39.3 Å². The van der Waals surface area contributed by atoms with Crippen molar-refractivity contribution in [2.45, 2.75) is 52.9 Å². The average Bonchev–Trinajstić information content (AvgIpc) is 2.43. The maximum atomic E-state index is 10.6. The van der Waals surface area contributed by atoms with Crippen molar-refractivity contribution in [2.75, 3.05) is 12.4 Å². The van der Waals surface area contributed by atoms with Gasteiger partial charge < -0.3 is 5.32 Å². The Hall–Kier alpha value is -0.940. The topological polar surface area (TPSA) is 29.1 Å². The summed E-state index contributed by atoms with van der Waals surface area (Å²) < 4.78 is 0. The number of alkyl halides is 1. The van der Waals surface area contributed by atoms with Crippen molar-refractivity contribution >= 4 is 17.5 Å². The predicted octanol–water partition coefficient (Wildman–Crippen LogP) is 4.14. The highest BCUT2D eigenvalue weighted by Crippen LogP contribution is 2.05. The molecule has 0 radical (unpaired) electrons. The normalized spacial score (nSPS) is 11.3. The number of carbonyl (C=O) groups is 1. The fourth-order valence-electron chi connectivity index (χ4n) is 1.22. The molecule has 0 bridgehead atoms. The van der Waals surface area contributed by atoms with Crippen LogP contribution in [0, 0.1) is 18.3 Å². The van der Waals surface area contributed by atoms with Gasteiger partial charge in [-0.15, -0.1) is 23.9 Å². The quantitative estimate of drug-likeness (QED) is 0.309. The Morgan fingerprint density at radius 2 is 2.16 bits per heavy atom. The lowest BCUT2D eigenvalue weighted by Gasteiger charge is -2.00. The zero-order valence-corrected chi connectivity index (χ0v) is 13.3. The van der Waals surface area contributed by atoms with Crippen LogP contribution in [0.1, 0.15) is 52.9 Å². The molecular weight excluding hydrogens is 258 g/mol. The van der Waals surface area contributed by atoms with Crippen LogP contribution in [0.15, 0.2) is 12.2 Å². The van der Waals surface area contributed by atoms with E-state index in [1.165, 1.54) is 0 Å². The highest BCUT2D eigenvalue weighted by Gasteiger charge is 1.93. The molecule has 0 saturated carbocycles. The van der Waals surface area contributed by atoms with Crippen molar-refractivity contribution in [1.82, 2.24) is 5.32 Å². The molecule has 0 fully saturated rings. The number of halogens is 1. The van der Waals surface area contributed by atoms with Crippen molar-refractivity contribution < 1.29 is 4.79 Å². The summed E-state index contributed by atoms with van der Waals surface area (Å²) in [6, 6.07) is 0. The molecule has 19 heavy (non-hydrogen) atoms. The first kappa shape index (κ1) is 20.4. The van der Waals surface area contributed by atoms with E-state index in [2.05, 4.69) is 31.2 Å². The molecule has 0 rings (SSSR count). The van der Waals surface area contributed by atoms with Crippen LogP contribution < -0.4 is 5.32 Å². The fourth-order valence-corrected chi connectivity index (χ4v) is 1.32. The van der Waals surface area contributed by atoms with E-state index < -0.39 is 0 Å². The SMILES string of the molecule is C#CCCC(C)/C=C\CCl.CCCCNC(=O)CC. The van der Waals surface area contributed by atoms with Crippen LogP contribution >= 0.6 is 11.6 Å². The van der Waals surface area contributed by atoms with Crippen LogP contribution in [0.2, 0.25) is 0 Å². The number of nitrogens with one attached hydrogen (secondary N) is 1. The number of rotatable bonds is 8. The van der Waals surface area contributed by atoms with Gasteiger partial charge in [0.15, 0.2) is 0 Å². The van der Waals surface area contributed by atoms with E-state index in [-0.39, 0.29) is 5.91 Å². The monoisotopic (exact) mass is 285 g/mol. The van der Waals surface area contributed by atoms with Crippen LogP contribution in [0.4, 0.5) is 0 Å². The number of unbranched alkanes of at least 4 members (excludes halogenated alkanes) is 1. The summed E-state index contributed by atoms with van der Waals surface area (Å²) in [6.45, 7) is 6.95. The molecule has 1 atom stereocenters. The Morgan fingerprint density at radius 1 is 1.47 bits per heavy atom. The largest absolute Gasteiger partial charge is 0.356 e. The van der Waals surface area contributed by atoms with Crippen molar-refractivity contribution in [3.8, 4) is 12.3 Å². The maximum absolute atomic E-state index is 10.6. The Labute approximate surface area is 124 Å². The summed E-state index contributed by atoms with van der Waals surface area (Å²) >= 11 is 5.45. The van der Waals surface area contributed by atoms with Crippen LogP contribution in [0.25, 0.3) is 0 Å². The highest BCUT2D eigenvalue weighted by molar-refractivity contribution is 6.18. The summed E-state index contributed by atoms with van der Waals surface area (Å²) in [5, 5.41) is 2.79. The lowest BCUT2D eigenvalue weighted by atomic mass is 10.1. The van der Waals surface area contributed by atoms with E-state index in [1.807, 2.05) is 13.0 Å². The van der Waals surface area contributed by atoms with Crippen molar-refractivity contribution in [3.63, 3.8) is 0 Å². The van der Waals surface area contributed by atoms with E-state index in [0.717, 1.165) is 32.2 Å². The molecule has 3 heteroatoms. The van der Waals surface area contributed by atoms with E-state index >= 15 is 0 Å². The van der Waals surface area contributed by atoms with Gasteiger partial charge in [-0.25, -0.2) is 0 Å². The number of carbonyl (C=O) groups excluding carboxylic acids is 1. The predicted molar refractivity (Wildman–Crippen MR) is 85.3 cm³/mol. The zero-order chi connectivity index (χ0) is 14.9. The number of amides is 1. The summed E-state index contributed by atoms with van der Waals surface area (Å²) in [5.41, 5.74) is 0. The third-order valence-electron chi connectivity index (χ3n) is 2.47. The van der Waals surface area contributed by atoms with Gasteiger partial charge in [0.25, 0.3) is 0 Å². The van der Waals surface area contributed by atoms with E-state index in [9.17, 15) is 4.79 Å². The van der Waals surface area contributed by atoms with Gasteiger partial charge in [0, 0.05) is 25.3 Å². The molecule has 1 unspecified atom stereocenters. The molecule has 0 aromatic heterocycles. The van der Waals surface area contributed by atoms with Gasteiger partial charge in [-0.2, -0.15) is 0 Å². The first-order valence-corrected chi connectivity index (χ1v) is 7.58. The molecule has 0 aromatic carbocycles. The van der Waals surface area contributed by atoms with Crippen LogP contribution in [0.5, 0.6) is 0 Å². The Kier molecular flexibility index (Phi) is 18.3. The summed E-state index contributed by atoms with van der Waals surface area (Å²) in [4.78, 5) is 10.6. The van der Waals surface area contributed by atoms with E-state index in [4.69, 9.17) is 18.0 Å². The lowest BCUT2D eigenvalue weighted by Crippen LogP contribution is -2.22. The molecule has 0 aliphatic heterocycles. The van der Waals surface area contributed by atoms with Crippen LogP contribution in [0.3, 0.4) is 0 Å². The summed E-state index contributed by atoms with van der Waals surface area (Å²) in [7, 11) is 0. The third-order valence-corrected chi connectivity index (χ3v) is 2.65. The van der Waals surface area contributed by atoms with E-state index in [0.29, 0.717) is 18.2 Å². The second-order valence-electron chi connectivity index (χ2n) is 4.36. The lowest BCUT2D eigenvalue weighted by molar-refractivity contribution is -0.120. The standard InChI is InChI=1S/C9H13Cl.C7H15NO/c1-3-4-6-9(2)7-5-8-10;1-3-5-6-8-7(9)4-2/h1,5,7,9H,4,6,8H2,2H3;3-6H2,1-2H3,(H,8,9)/b7-5-;. The number of terminal acetylenes is 1. The van der Waals surface area contributed by atoms with Gasteiger partial charge in [-0.3, -0.25) is 4.79 Å². The summed E-state index contributed by atoms with van der Waals surface area (Å²) in [6.07, 6.45) is 13.9. The second-order valence-corrected chi connectivity index (χ2v) is 4.67. The Balaban J connectivity index is 0. The first-order valence-electron chi connectivity index (χ1n) is 7.05. The molecular formula is C16H28ClNO. The molecule has 0 aromatic rings. The minimum atomic E-state index is 0.156. The molecule has 0 saturated heterocycles. The molecule has 0 aliphatic carbocycles. The molecule has 1 N–H and O–H groups in total. The number of allylic oxidation sites excluding steroid dienone is 2. The number of hydrogen-bond acceptors (Lipinski definition) is 1. The molecule has 0 aliphatic rings. The van der Waals surface area contributed by atoms with Crippen LogP contribution in [-0.4, -0.2) is 18.3 Å². The molecule has 110 valence electrons.